The zero-order valence-corrected chi connectivity index (χ0v) is 18.9. The van der Waals surface area contributed by atoms with Crippen LogP contribution in [-0.4, -0.2) is 35.0 Å². The van der Waals surface area contributed by atoms with E-state index in [1.807, 2.05) is 31.2 Å². The number of hydrazone groups is 1. The van der Waals surface area contributed by atoms with Gasteiger partial charge in [0.25, 0.3) is 5.91 Å². The molecule has 0 atom stereocenters. The predicted molar refractivity (Wildman–Crippen MR) is 135 cm³/mol. The summed E-state index contributed by atoms with van der Waals surface area (Å²) in [6.45, 7) is 1.76. The maximum Gasteiger partial charge on any atom is 0.339 e. The zero-order chi connectivity index (χ0) is 24.1. The summed E-state index contributed by atoms with van der Waals surface area (Å²) in [7, 11) is 0. The summed E-state index contributed by atoms with van der Waals surface area (Å²) in [6.07, 6.45) is 1.45. The number of fused-ring (bicyclic) bond motifs is 1. The van der Waals surface area contributed by atoms with E-state index in [0.29, 0.717) is 22.7 Å². The lowest BCUT2D eigenvalue weighted by molar-refractivity contribution is -0.120. The Kier molecular flexibility index (Phi) is 6.69. The molecule has 4 rings (SSSR count). The van der Waals surface area contributed by atoms with Crippen LogP contribution in [0.1, 0.15) is 11.1 Å². The largest absolute Gasteiger partial charge is 0.508 e. The number of nitrogens with one attached hydrogen (secondary N) is 3. The lowest BCUT2D eigenvalue weighted by atomic mass is 10.2. The highest BCUT2D eigenvalue weighted by molar-refractivity contribution is 7.80. The fourth-order valence-corrected chi connectivity index (χ4v) is 3.53. The van der Waals surface area contributed by atoms with Gasteiger partial charge in [0, 0.05) is 17.4 Å². The maximum absolute atomic E-state index is 12.6. The molecule has 0 aliphatic carbocycles. The Balaban J connectivity index is 1.43. The van der Waals surface area contributed by atoms with Gasteiger partial charge in [0.15, 0.2) is 11.7 Å². The Labute approximate surface area is 201 Å². The normalized spacial score (nSPS) is 12.6. The van der Waals surface area contributed by atoms with Crippen LogP contribution in [0.3, 0.4) is 0 Å². The molecule has 10 heteroatoms. The van der Waals surface area contributed by atoms with Crippen molar-refractivity contribution in [3.63, 3.8) is 0 Å². The molecule has 3 aromatic carbocycles. The molecule has 1 aliphatic rings. The standard InChI is InChI=1S/C24H21N5O4S/c1-15-4-2-3-5-19(15)27-24(34)29-20-11-8-17(12-21(20)33-14-22(29)31)26-23(32)28-25-13-16-6-9-18(30)10-7-16/h2-13,30H,14H2,1H3,(H,27,34)(H2,26,28,32)/b25-13+. The second kappa shape index (κ2) is 10.0. The van der Waals surface area contributed by atoms with Crippen LogP contribution in [0.15, 0.2) is 71.8 Å². The molecule has 0 saturated carbocycles. The van der Waals surface area contributed by atoms with Crippen LogP contribution in [-0.2, 0) is 4.79 Å². The molecule has 172 valence electrons. The predicted octanol–water partition coefficient (Wildman–Crippen LogP) is 3.98. The number of urea groups is 1. The number of ether oxygens (including phenoxy) is 1. The number of nitrogens with zero attached hydrogens (tertiary/aromatic N) is 2. The quantitative estimate of drug-likeness (QED) is 0.258. The second-order valence-corrected chi connectivity index (χ2v) is 7.75. The van der Waals surface area contributed by atoms with Crippen molar-refractivity contribution in [2.45, 2.75) is 6.92 Å². The Morgan fingerprint density at radius 1 is 1.12 bits per heavy atom. The maximum atomic E-state index is 12.6. The van der Waals surface area contributed by atoms with E-state index in [1.165, 1.54) is 23.2 Å². The van der Waals surface area contributed by atoms with Gasteiger partial charge in [0.2, 0.25) is 0 Å². The van der Waals surface area contributed by atoms with Crippen molar-refractivity contribution in [2.75, 3.05) is 22.1 Å². The number of phenolic OH excluding ortho intramolecular Hbond substituents is 1. The van der Waals surface area contributed by atoms with Gasteiger partial charge in [-0.2, -0.15) is 5.10 Å². The van der Waals surface area contributed by atoms with Gasteiger partial charge in [-0.05, 0) is 72.7 Å². The number of carbonyl (C=O) groups is 2. The number of carbonyl (C=O) groups excluding carboxylic acids is 2. The summed E-state index contributed by atoms with van der Waals surface area (Å²) in [5, 5.41) is 19.2. The third-order valence-corrected chi connectivity index (χ3v) is 5.21. The number of aromatic hydroxyl groups is 1. The Morgan fingerprint density at radius 3 is 2.65 bits per heavy atom. The van der Waals surface area contributed by atoms with Crippen molar-refractivity contribution >= 4 is 52.5 Å². The highest BCUT2D eigenvalue weighted by Crippen LogP contribution is 2.35. The molecule has 1 aliphatic heterocycles. The molecule has 0 spiro atoms. The Bertz CT molecular complexity index is 1280. The number of aryl methyl sites for hydroxylation is 1. The van der Waals surface area contributed by atoms with Crippen LogP contribution in [0.5, 0.6) is 11.5 Å². The van der Waals surface area contributed by atoms with Gasteiger partial charge < -0.3 is 20.5 Å². The average molecular weight is 476 g/mol. The molecular formula is C24H21N5O4S. The van der Waals surface area contributed by atoms with Crippen LogP contribution in [0, 0.1) is 6.92 Å². The molecule has 3 amide bonds. The van der Waals surface area contributed by atoms with E-state index < -0.39 is 6.03 Å². The van der Waals surface area contributed by atoms with Crippen LogP contribution in [0.2, 0.25) is 0 Å². The van der Waals surface area contributed by atoms with E-state index in [0.717, 1.165) is 11.3 Å². The van der Waals surface area contributed by atoms with Gasteiger partial charge in [0.05, 0.1) is 11.9 Å². The van der Waals surface area contributed by atoms with Crippen molar-refractivity contribution in [2.24, 2.45) is 5.10 Å². The minimum atomic E-state index is -0.560. The first-order valence-electron chi connectivity index (χ1n) is 10.3. The smallest absolute Gasteiger partial charge is 0.339 e. The summed E-state index contributed by atoms with van der Waals surface area (Å²) in [5.74, 6) is 0.240. The lowest BCUT2D eigenvalue weighted by Gasteiger charge is -2.30. The minimum Gasteiger partial charge on any atom is -0.508 e. The monoisotopic (exact) mass is 475 g/mol. The van der Waals surface area contributed by atoms with Gasteiger partial charge in [-0.15, -0.1) is 0 Å². The molecule has 0 radical (unpaired) electrons. The number of phenols is 1. The number of anilines is 3. The van der Waals surface area contributed by atoms with Crippen molar-refractivity contribution < 1.29 is 19.4 Å². The van der Waals surface area contributed by atoms with Crippen molar-refractivity contribution in [3.05, 3.63) is 77.9 Å². The third kappa shape index (κ3) is 5.30. The van der Waals surface area contributed by atoms with Gasteiger partial charge in [-0.25, -0.2) is 10.2 Å². The molecule has 4 N–H and O–H groups in total. The SMILES string of the molecule is Cc1ccccc1NC(=S)N1C(=O)COc2cc(NC(=O)N/N=C/c3ccc(O)cc3)ccc21. The molecule has 0 fully saturated rings. The molecular weight excluding hydrogens is 454 g/mol. The first kappa shape index (κ1) is 22.7. The summed E-state index contributed by atoms with van der Waals surface area (Å²) in [5.41, 5.74) is 5.78. The zero-order valence-electron chi connectivity index (χ0n) is 18.1. The van der Waals surface area contributed by atoms with Gasteiger partial charge in [0.1, 0.15) is 11.5 Å². The summed E-state index contributed by atoms with van der Waals surface area (Å²) in [4.78, 5) is 26.1. The molecule has 0 unspecified atom stereocenters. The Morgan fingerprint density at radius 2 is 1.88 bits per heavy atom. The number of thiocarbonyl (C=S) groups is 1. The van der Waals surface area contributed by atoms with E-state index in [9.17, 15) is 14.7 Å². The number of benzene rings is 3. The first-order chi connectivity index (χ1) is 16.4. The van der Waals surface area contributed by atoms with E-state index >= 15 is 0 Å². The lowest BCUT2D eigenvalue weighted by Crippen LogP contribution is -2.45. The average Bonchev–Trinajstić information content (AvgIpc) is 2.82. The fourth-order valence-electron chi connectivity index (χ4n) is 3.22. The highest BCUT2D eigenvalue weighted by Gasteiger charge is 2.29. The van der Waals surface area contributed by atoms with E-state index in [2.05, 4.69) is 21.2 Å². The van der Waals surface area contributed by atoms with E-state index in [1.54, 1.807) is 30.3 Å². The van der Waals surface area contributed by atoms with Gasteiger partial charge in [-0.3, -0.25) is 9.69 Å². The van der Waals surface area contributed by atoms with Crippen molar-refractivity contribution in [1.82, 2.24) is 5.43 Å². The minimum absolute atomic E-state index is 0.143. The molecule has 34 heavy (non-hydrogen) atoms. The van der Waals surface area contributed by atoms with Crippen LogP contribution < -0.4 is 25.7 Å². The van der Waals surface area contributed by atoms with Crippen LogP contribution >= 0.6 is 12.2 Å². The van der Waals surface area contributed by atoms with Gasteiger partial charge >= 0.3 is 6.03 Å². The summed E-state index contributed by atoms with van der Waals surface area (Å²) in [6, 6.07) is 18.3. The summed E-state index contributed by atoms with van der Waals surface area (Å²) >= 11 is 5.50. The third-order valence-electron chi connectivity index (χ3n) is 4.92. The Hall–Kier alpha value is -4.44. The number of rotatable bonds is 4. The molecule has 1 heterocycles. The first-order valence-corrected chi connectivity index (χ1v) is 10.7. The number of amides is 3. The van der Waals surface area contributed by atoms with E-state index in [4.69, 9.17) is 17.0 Å². The van der Waals surface area contributed by atoms with Crippen LogP contribution in [0.4, 0.5) is 21.9 Å². The molecule has 3 aromatic rings. The second-order valence-electron chi connectivity index (χ2n) is 7.36. The molecule has 9 nitrogen and oxygen atoms in total. The fraction of sp³-hybridized carbons (Fsp3) is 0.0833. The van der Waals surface area contributed by atoms with Crippen molar-refractivity contribution in [3.8, 4) is 11.5 Å². The van der Waals surface area contributed by atoms with Gasteiger partial charge in [-0.1, -0.05) is 18.2 Å². The number of hydrogen-bond acceptors (Lipinski definition) is 6. The van der Waals surface area contributed by atoms with Crippen molar-refractivity contribution in [1.29, 1.82) is 0 Å². The number of para-hydroxylation sites is 1. The molecule has 0 saturated heterocycles. The van der Waals surface area contributed by atoms with Crippen LogP contribution in [0.25, 0.3) is 0 Å². The molecule has 0 aromatic heterocycles. The highest BCUT2D eigenvalue weighted by atomic mass is 32.1. The summed E-state index contributed by atoms with van der Waals surface area (Å²) < 4.78 is 5.56. The molecule has 0 bridgehead atoms. The number of hydrogen-bond donors (Lipinski definition) is 4. The van der Waals surface area contributed by atoms with E-state index in [-0.39, 0.29) is 23.4 Å². The topological polar surface area (TPSA) is 115 Å².